The van der Waals surface area contributed by atoms with Gasteiger partial charge in [-0.15, -0.1) is 0 Å². The van der Waals surface area contributed by atoms with Crippen LogP contribution in [0.1, 0.15) is 34.3 Å². The molecule has 0 atom stereocenters. The van der Waals surface area contributed by atoms with E-state index in [-0.39, 0.29) is 12.4 Å². The predicted molar refractivity (Wildman–Crippen MR) is 99.7 cm³/mol. The summed E-state index contributed by atoms with van der Waals surface area (Å²) in [6, 6.07) is 14.4. The average molecular weight is 414 g/mol. The third-order valence-electron chi connectivity index (χ3n) is 3.89. The Bertz CT molecular complexity index is 960. The molecular weight excluding hydrogens is 398 g/mol. The summed E-state index contributed by atoms with van der Waals surface area (Å²) in [6.45, 7) is 3.08. The lowest BCUT2D eigenvalue weighted by Gasteiger charge is -2.10. The summed E-state index contributed by atoms with van der Waals surface area (Å²) in [5.74, 6) is -0.106. The molecule has 6 heteroatoms. The number of rotatable bonds is 5. The first kappa shape index (κ1) is 18.1. The van der Waals surface area contributed by atoms with Crippen molar-refractivity contribution in [1.82, 2.24) is 5.16 Å². The fourth-order valence-corrected chi connectivity index (χ4v) is 2.95. The van der Waals surface area contributed by atoms with Crippen LogP contribution in [0.25, 0.3) is 11.1 Å². The van der Waals surface area contributed by atoms with Gasteiger partial charge in [0.1, 0.15) is 0 Å². The van der Waals surface area contributed by atoms with Crippen molar-refractivity contribution in [1.29, 1.82) is 0 Å². The Morgan fingerprint density at radius 2 is 1.81 bits per heavy atom. The van der Waals surface area contributed by atoms with Crippen LogP contribution in [0.5, 0.6) is 0 Å². The van der Waals surface area contributed by atoms with E-state index in [0.29, 0.717) is 33.7 Å². The number of ketones is 1. The highest BCUT2D eigenvalue weighted by Gasteiger charge is 2.22. The number of hydrogen-bond acceptors (Lipinski definition) is 5. The molecule has 0 radical (unpaired) electrons. The quantitative estimate of drug-likeness (QED) is 0.447. The van der Waals surface area contributed by atoms with E-state index < -0.39 is 5.97 Å². The number of esters is 1. The maximum absolute atomic E-state index is 13.0. The van der Waals surface area contributed by atoms with Crippen molar-refractivity contribution in [3.8, 4) is 11.1 Å². The Kier molecular flexibility index (Phi) is 5.32. The molecule has 2 aromatic carbocycles. The van der Waals surface area contributed by atoms with Gasteiger partial charge < -0.3 is 9.26 Å². The van der Waals surface area contributed by atoms with Crippen molar-refractivity contribution in [2.75, 3.05) is 0 Å². The number of hydrogen-bond donors (Lipinski definition) is 0. The van der Waals surface area contributed by atoms with Crippen molar-refractivity contribution in [3.05, 3.63) is 75.6 Å². The lowest BCUT2D eigenvalue weighted by molar-refractivity contribution is -0.142. The molecule has 3 aromatic rings. The highest BCUT2D eigenvalue weighted by atomic mass is 79.9. The molecule has 0 N–H and O–H groups in total. The fraction of sp³-hybridized carbons (Fsp3) is 0.150. The number of benzene rings is 2. The smallest absolute Gasteiger partial charge is 0.303 e. The van der Waals surface area contributed by atoms with Gasteiger partial charge >= 0.3 is 5.97 Å². The van der Waals surface area contributed by atoms with Crippen LogP contribution in [0.2, 0.25) is 0 Å². The molecule has 0 saturated carbocycles. The summed E-state index contributed by atoms with van der Waals surface area (Å²) < 4.78 is 11.3. The molecule has 26 heavy (non-hydrogen) atoms. The topological polar surface area (TPSA) is 69.4 Å². The van der Waals surface area contributed by atoms with E-state index in [4.69, 9.17) is 9.26 Å². The second-order valence-electron chi connectivity index (χ2n) is 5.73. The van der Waals surface area contributed by atoms with Gasteiger partial charge in [-0.3, -0.25) is 9.59 Å². The van der Waals surface area contributed by atoms with E-state index in [1.165, 1.54) is 6.92 Å². The minimum Gasteiger partial charge on any atom is -0.458 e. The molecule has 0 aliphatic heterocycles. The number of nitrogens with zero attached hydrogens (tertiary/aromatic N) is 1. The third kappa shape index (κ3) is 3.75. The summed E-state index contributed by atoms with van der Waals surface area (Å²) in [5.41, 5.74) is 3.11. The zero-order chi connectivity index (χ0) is 18.7. The van der Waals surface area contributed by atoms with Crippen LogP contribution in [0, 0.1) is 6.92 Å². The number of aromatic nitrogens is 1. The molecule has 0 spiro atoms. The number of carbonyl (C=O) groups is 2. The van der Waals surface area contributed by atoms with E-state index >= 15 is 0 Å². The van der Waals surface area contributed by atoms with Crippen LogP contribution in [-0.2, 0) is 16.1 Å². The van der Waals surface area contributed by atoms with E-state index in [9.17, 15) is 9.59 Å². The van der Waals surface area contributed by atoms with Crippen LogP contribution in [0.3, 0.4) is 0 Å². The highest BCUT2D eigenvalue weighted by molar-refractivity contribution is 9.10. The molecular formula is C20H16BrNO4. The molecule has 0 amide bonds. The molecule has 0 unspecified atom stereocenters. The Hall–Kier alpha value is -2.73. The zero-order valence-corrected chi connectivity index (χ0v) is 15.9. The summed E-state index contributed by atoms with van der Waals surface area (Å²) in [4.78, 5) is 24.1. The van der Waals surface area contributed by atoms with E-state index in [1.807, 2.05) is 30.3 Å². The standard InChI is InChI=1S/C20H16BrNO4/c1-12-19(18(26-22-12)11-25-13(2)23)16-5-3-4-6-17(16)20(24)14-7-9-15(21)10-8-14/h3-10H,11H2,1-2H3. The molecule has 0 aliphatic carbocycles. The summed E-state index contributed by atoms with van der Waals surface area (Å²) in [6.07, 6.45) is 0. The van der Waals surface area contributed by atoms with Crippen LogP contribution in [0.15, 0.2) is 57.5 Å². The zero-order valence-electron chi connectivity index (χ0n) is 14.3. The van der Waals surface area contributed by atoms with Crippen LogP contribution in [-0.4, -0.2) is 16.9 Å². The monoisotopic (exact) mass is 413 g/mol. The largest absolute Gasteiger partial charge is 0.458 e. The molecule has 132 valence electrons. The first-order chi connectivity index (χ1) is 12.5. The normalized spacial score (nSPS) is 10.6. The Morgan fingerprint density at radius 1 is 1.12 bits per heavy atom. The van der Waals surface area contributed by atoms with Crippen molar-refractivity contribution in [2.45, 2.75) is 20.5 Å². The number of ether oxygens (including phenoxy) is 1. The molecule has 0 fully saturated rings. The van der Waals surface area contributed by atoms with Gasteiger partial charge in [0.05, 0.1) is 11.3 Å². The van der Waals surface area contributed by atoms with Gasteiger partial charge in [0.15, 0.2) is 18.2 Å². The first-order valence-electron chi connectivity index (χ1n) is 7.95. The summed E-state index contributed by atoms with van der Waals surface area (Å²) >= 11 is 3.37. The highest BCUT2D eigenvalue weighted by Crippen LogP contribution is 2.32. The van der Waals surface area contributed by atoms with E-state index in [2.05, 4.69) is 21.1 Å². The molecule has 0 aliphatic rings. The number of halogens is 1. The van der Waals surface area contributed by atoms with Crippen LogP contribution < -0.4 is 0 Å². The molecule has 5 nitrogen and oxygen atoms in total. The average Bonchev–Trinajstić information content (AvgIpc) is 3.00. The van der Waals surface area contributed by atoms with E-state index in [1.54, 1.807) is 25.1 Å². The van der Waals surface area contributed by atoms with Crippen molar-refractivity contribution >= 4 is 27.7 Å². The minimum absolute atomic E-state index is 0.0354. The van der Waals surface area contributed by atoms with Gasteiger partial charge in [0, 0.05) is 22.5 Å². The Labute approximate surface area is 159 Å². The van der Waals surface area contributed by atoms with Crippen LogP contribution in [0.4, 0.5) is 0 Å². The van der Waals surface area contributed by atoms with Crippen molar-refractivity contribution in [3.63, 3.8) is 0 Å². The lowest BCUT2D eigenvalue weighted by Crippen LogP contribution is -2.05. The molecule has 0 saturated heterocycles. The Morgan fingerprint density at radius 3 is 2.50 bits per heavy atom. The fourth-order valence-electron chi connectivity index (χ4n) is 2.68. The molecule has 1 aromatic heterocycles. The summed E-state index contributed by atoms with van der Waals surface area (Å²) in [7, 11) is 0. The second-order valence-corrected chi connectivity index (χ2v) is 6.64. The summed E-state index contributed by atoms with van der Waals surface area (Å²) in [5, 5.41) is 3.97. The third-order valence-corrected chi connectivity index (χ3v) is 4.42. The van der Waals surface area contributed by atoms with Gasteiger partial charge in [-0.1, -0.05) is 45.4 Å². The lowest BCUT2D eigenvalue weighted by atomic mass is 9.93. The van der Waals surface area contributed by atoms with Gasteiger partial charge in [-0.05, 0) is 36.8 Å². The van der Waals surface area contributed by atoms with Gasteiger partial charge in [-0.2, -0.15) is 0 Å². The minimum atomic E-state index is -0.413. The maximum atomic E-state index is 13.0. The van der Waals surface area contributed by atoms with Crippen molar-refractivity contribution in [2.24, 2.45) is 0 Å². The first-order valence-corrected chi connectivity index (χ1v) is 8.75. The maximum Gasteiger partial charge on any atom is 0.303 e. The van der Waals surface area contributed by atoms with Gasteiger partial charge in [0.25, 0.3) is 0 Å². The van der Waals surface area contributed by atoms with Gasteiger partial charge in [0.2, 0.25) is 0 Å². The molecule has 1 heterocycles. The second kappa shape index (κ2) is 7.66. The number of aryl methyl sites for hydroxylation is 1. The molecule has 0 bridgehead atoms. The molecule has 3 rings (SSSR count). The SMILES string of the molecule is CC(=O)OCc1onc(C)c1-c1ccccc1C(=O)c1ccc(Br)cc1. The number of carbonyl (C=O) groups excluding carboxylic acids is 2. The van der Waals surface area contributed by atoms with Crippen molar-refractivity contribution < 1.29 is 18.8 Å². The Balaban J connectivity index is 2.05. The predicted octanol–water partition coefficient (Wildman–Crippen LogP) is 4.71. The van der Waals surface area contributed by atoms with Crippen LogP contribution >= 0.6 is 15.9 Å². The van der Waals surface area contributed by atoms with Gasteiger partial charge in [-0.25, -0.2) is 0 Å². The van der Waals surface area contributed by atoms with E-state index in [0.717, 1.165) is 4.47 Å².